The van der Waals surface area contributed by atoms with E-state index in [-0.39, 0.29) is 48.8 Å². The Morgan fingerprint density at radius 2 is 2.06 bits per heavy atom. The van der Waals surface area contributed by atoms with Gasteiger partial charge in [0.05, 0.1) is 6.04 Å². The predicted molar refractivity (Wildman–Crippen MR) is 116 cm³/mol. The molecular weight excluding hydrogens is 420 g/mol. The Hall–Kier alpha value is -3.30. The molecule has 32 heavy (non-hydrogen) atoms. The van der Waals surface area contributed by atoms with E-state index in [1.165, 1.54) is 18.3 Å². The number of hydrogen-bond acceptors (Lipinski definition) is 6. The minimum absolute atomic E-state index is 0.0390. The summed E-state index contributed by atoms with van der Waals surface area (Å²) in [5, 5.41) is 12.6. The van der Waals surface area contributed by atoms with Gasteiger partial charge >= 0.3 is 5.97 Å². The fourth-order valence-electron chi connectivity index (χ4n) is 4.15. The molecule has 0 spiro atoms. The lowest BCUT2D eigenvalue weighted by Crippen LogP contribution is -2.41. The van der Waals surface area contributed by atoms with Crippen LogP contribution in [0.5, 0.6) is 0 Å². The van der Waals surface area contributed by atoms with E-state index in [0.717, 1.165) is 5.57 Å². The van der Waals surface area contributed by atoms with Gasteiger partial charge < -0.3 is 15.3 Å². The van der Waals surface area contributed by atoms with Crippen molar-refractivity contribution in [2.75, 3.05) is 23.3 Å². The minimum Gasteiger partial charge on any atom is -0.478 e. The maximum Gasteiger partial charge on any atom is 0.339 e. The molecule has 1 unspecified atom stereocenters. The number of aromatic carboxylic acids is 1. The molecule has 0 amide bonds. The maximum atomic E-state index is 13.6. The summed E-state index contributed by atoms with van der Waals surface area (Å²) in [6.07, 6.45) is 2.95. The second-order valence-corrected chi connectivity index (χ2v) is 8.40. The summed E-state index contributed by atoms with van der Waals surface area (Å²) in [5.41, 5.74) is 0.528. The standard InChI is InChI=1S/C22H25F2N5O3/c1-13-10-16(14(2)26-19-15(21(31)32)4-3-7-25-19)20-27-17(11-18(30)29(20)12-13)28-8-5-22(23,24)6-9-28/h3-4,7,10-11,13-14H,5-6,8-9,12H2,1-2H3,(H,25,26)(H,31,32)/t13?,14-/m1/s1. The van der Waals surface area contributed by atoms with Crippen LogP contribution in [0.4, 0.5) is 20.4 Å². The first kappa shape index (κ1) is 21.9. The quantitative estimate of drug-likeness (QED) is 0.729. The van der Waals surface area contributed by atoms with Crippen LogP contribution in [0.3, 0.4) is 0 Å². The van der Waals surface area contributed by atoms with E-state index in [1.807, 2.05) is 19.9 Å². The number of fused-ring (bicyclic) bond motifs is 1. The van der Waals surface area contributed by atoms with Gasteiger partial charge in [0.2, 0.25) is 0 Å². The van der Waals surface area contributed by atoms with Crippen molar-refractivity contribution in [2.45, 2.75) is 45.2 Å². The molecule has 2 N–H and O–H groups in total. The molecular formula is C22H25F2N5O3. The number of halogens is 2. The number of rotatable bonds is 5. The van der Waals surface area contributed by atoms with Gasteiger partial charge in [-0.05, 0) is 25.0 Å². The Bertz CT molecular complexity index is 1120. The number of piperidine rings is 1. The summed E-state index contributed by atoms with van der Waals surface area (Å²) in [5.74, 6) is -2.68. The molecule has 4 heterocycles. The van der Waals surface area contributed by atoms with Gasteiger partial charge in [0.15, 0.2) is 0 Å². The Labute approximate surface area is 183 Å². The second kappa shape index (κ2) is 8.33. The van der Waals surface area contributed by atoms with Crippen molar-refractivity contribution in [3.05, 3.63) is 52.2 Å². The number of hydrogen-bond donors (Lipinski definition) is 2. The first-order chi connectivity index (χ1) is 15.1. The van der Waals surface area contributed by atoms with E-state index < -0.39 is 17.9 Å². The van der Waals surface area contributed by atoms with Gasteiger partial charge in [-0.15, -0.1) is 0 Å². The number of allylic oxidation sites excluding steroid dienone is 1. The minimum atomic E-state index is -2.69. The molecule has 8 nitrogen and oxygen atoms in total. The summed E-state index contributed by atoms with van der Waals surface area (Å²) in [4.78, 5) is 35.0. The van der Waals surface area contributed by atoms with E-state index in [4.69, 9.17) is 0 Å². The fourth-order valence-corrected chi connectivity index (χ4v) is 4.15. The maximum absolute atomic E-state index is 13.6. The highest BCUT2D eigenvalue weighted by atomic mass is 19.3. The van der Waals surface area contributed by atoms with Crippen molar-refractivity contribution in [3.8, 4) is 0 Å². The molecule has 2 atom stereocenters. The Kier molecular flexibility index (Phi) is 5.70. The Morgan fingerprint density at radius 3 is 2.75 bits per heavy atom. The average molecular weight is 445 g/mol. The lowest BCUT2D eigenvalue weighted by Gasteiger charge is -2.34. The van der Waals surface area contributed by atoms with E-state index in [1.54, 1.807) is 15.5 Å². The molecule has 0 radical (unpaired) electrons. The molecule has 10 heteroatoms. The first-order valence-electron chi connectivity index (χ1n) is 10.6. The Balaban J connectivity index is 1.67. The van der Waals surface area contributed by atoms with Crippen LogP contribution in [-0.4, -0.2) is 50.7 Å². The van der Waals surface area contributed by atoms with Gasteiger partial charge in [-0.2, -0.15) is 0 Å². The van der Waals surface area contributed by atoms with Crippen molar-refractivity contribution >= 4 is 23.2 Å². The zero-order valence-electron chi connectivity index (χ0n) is 17.9. The molecule has 0 aliphatic carbocycles. The van der Waals surface area contributed by atoms with Gasteiger partial charge in [-0.1, -0.05) is 13.0 Å². The Morgan fingerprint density at radius 1 is 1.34 bits per heavy atom. The molecule has 2 aromatic heterocycles. The molecule has 1 saturated heterocycles. The highest BCUT2D eigenvalue weighted by Gasteiger charge is 2.35. The third kappa shape index (κ3) is 4.35. The zero-order valence-corrected chi connectivity index (χ0v) is 17.9. The fraction of sp³-hybridized carbons (Fsp3) is 0.455. The molecule has 2 aromatic rings. The number of carboxylic acid groups (broad SMARTS) is 1. The lowest BCUT2D eigenvalue weighted by atomic mass is 9.97. The van der Waals surface area contributed by atoms with Crippen LogP contribution < -0.4 is 15.8 Å². The van der Waals surface area contributed by atoms with Crippen LogP contribution in [0.2, 0.25) is 0 Å². The van der Waals surface area contributed by atoms with E-state index in [9.17, 15) is 23.5 Å². The van der Waals surface area contributed by atoms with Crippen molar-refractivity contribution in [1.82, 2.24) is 14.5 Å². The number of pyridine rings is 1. The van der Waals surface area contributed by atoms with Crippen LogP contribution in [0, 0.1) is 5.92 Å². The topological polar surface area (TPSA) is 100 Å². The van der Waals surface area contributed by atoms with Crippen molar-refractivity contribution in [1.29, 1.82) is 0 Å². The number of nitrogens with one attached hydrogen (secondary N) is 1. The highest BCUT2D eigenvalue weighted by Crippen LogP contribution is 2.31. The van der Waals surface area contributed by atoms with Crippen molar-refractivity contribution < 1.29 is 18.7 Å². The predicted octanol–water partition coefficient (Wildman–Crippen LogP) is 3.11. The van der Waals surface area contributed by atoms with Gasteiger partial charge in [0.1, 0.15) is 23.0 Å². The largest absolute Gasteiger partial charge is 0.478 e. The van der Waals surface area contributed by atoms with E-state index in [0.29, 0.717) is 18.2 Å². The van der Waals surface area contributed by atoms with Crippen LogP contribution in [0.1, 0.15) is 42.9 Å². The van der Waals surface area contributed by atoms with Crippen LogP contribution in [0.25, 0.3) is 5.57 Å². The zero-order chi connectivity index (χ0) is 23.0. The van der Waals surface area contributed by atoms with Gasteiger partial charge in [-0.25, -0.2) is 23.5 Å². The number of alkyl halides is 2. The summed E-state index contributed by atoms with van der Waals surface area (Å²) in [6, 6.07) is 4.02. The first-order valence-corrected chi connectivity index (χ1v) is 10.6. The lowest BCUT2D eigenvalue weighted by molar-refractivity contribution is -0.0221. The summed E-state index contributed by atoms with van der Waals surface area (Å²) in [7, 11) is 0. The number of aromatic nitrogens is 3. The van der Waals surface area contributed by atoms with Gasteiger partial charge in [-0.3, -0.25) is 9.36 Å². The molecule has 0 aromatic carbocycles. The van der Waals surface area contributed by atoms with E-state index in [2.05, 4.69) is 15.3 Å². The normalized spacial score (nSPS) is 20.8. The van der Waals surface area contributed by atoms with Crippen LogP contribution in [-0.2, 0) is 6.54 Å². The number of anilines is 2. The molecule has 0 bridgehead atoms. The van der Waals surface area contributed by atoms with Gasteiger partial charge in [0.25, 0.3) is 11.5 Å². The summed E-state index contributed by atoms with van der Waals surface area (Å²) < 4.78 is 28.7. The third-order valence-electron chi connectivity index (χ3n) is 5.86. The van der Waals surface area contributed by atoms with Crippen LogP contribution in [0.15, 0.2) is 35.3 Å². The molecule has 2 aliphatic rings. The molecule has 0 saturated carbocycles. The van der Waals surface area contributed by atoms with E-state index >= 15 is 0 Å². The summed E-state index contributed by atoms with van der Waals surface area (Å²) >= 11 is 0. The SMILES string of the molecule is CC1C=C([C@@H](C)Nc2ncccc2C(=O)O)c2nc(N3CCC(F)(F)CC3)cc(=O)n2C1. The monoisotopic (exact) mass is 445 g/mol. The number of carbonyl (C=O) groups is 1. The third-order valence-corrected chi connectivity index (χ3v) is 5.86. The van der Waals surface area contributed by atoms with Crippen molar-refractivity contribution in [2.24, 2.45) is 5.92 Å². The smallest absolute Gasteiger partial charge is 0.339 e. The second-order valence-electron chi connectivity index (χ2n) is 8.40. The highest BCUT2D eigenvalue weighted by molar-refractivity contribution is 5.93. The van der Waals surface area contributed by atoms with Crippen LogP contribution >= 0.6 is 0 Å². The average Bonchev–Trinajstić information content (AvgIpc) is 2.74. The van der Waals surface area contributed by atoms with Crippen molar-refractivity contribution in [3.63, 3.8) is 0 Å². The summed E-state index contributed by atoms with van der Waals surface area (Å²) in [6.45, 7) is 4.53. The molecule has 2 aliphatic heterocycles. The molecule has 1 fully saturated rings. The molecule has 170 valence electrons. The number of nitrogens with zero attached hydrogens (tertiary/aromatic N) is 4. The number of carboxylic acids is 1. The molecule has 4 rings (SSSR count). The van der Waals surface area contributed by atoms with Gasteiger partial charge in [0, 0.05) is 50.3 Å².